The van der Waals surface area contributed by atoms with Crippen molar-refractivity contribution in [3.63, 3.8) is 0 Å². The van der Waals surface area contributed by atoms with Crippen molar-refractivity contribution in [3.05, 3.63) is 47.8 Å². The van der Waals surface area contributed by atoms with Crippen LogP contribution in [0.3, 0.4) is 0 Å². The van der Waals surface area contributed by atoms with E-state index in [-0.39, 0.29) is 6.42 Å². The van der Waals surface area contributed by atoms with Crippen LogP contribution in [-0.2, 0) is 4.79 Å². The van der Waals surface area contributed by atoms with Gasteiger partial charge >= 0.3 is 5.97 Å². The van der Waals surface area contributed by atoms with Crippen molar-refractivity contribution in [2.45, 2.75) is 19.4 Å². The molecule has 1 aromatic heterocycles. The lowest BCUT2D eigenvalue weighted by molar-refractivity contribution is -0.137. The number of carboxylic acids is 1. The first-order valence-corrected chi connectivity index (χ1v) is 5.92. The standard InChI is InChI=1S/C14H15N3O2/c1-9-3-2-4-10(5-9)14-16-7-11(8-17-14)12(15)6-13(18)19/h2-5,7-8,12H,6,15H2,1H3,(H,18,19)/t12-/m1/s1. The Balaban J connectivity index is 2.21. The number of benzene rings is 1. The molecule has 0 bridgehead atoms. The van der Waals surface area contributed by atoms with Gasteiger partial charge in [0.05, 0.1) is 6.42 Å². The molecule has 19 heavy (non-hydrogen) atoms. The van der Waals surface area contributed by atoms with Crippen molar-refractivity contribution < 1.29 is 9.90 Å². The number of nitrogens with zero attached hydrogens (tertiary/aromatic N) is 2. The Bertz CT molecular complexity index is 581. The van der Waals surface area contributed by atoms with Gasteiger partial charge in [0, 0.05) is 29.6 Å². The molecule has 0 unspecified atom stereocenters. The van der Waals surface area contributed by atoms with E-state index in [1.54, 1.807) is 12.4 Å². The van der Waals surface area contributed by atoms with Gasteiger partial charge in [-0.1, -0.05) is 23.8 Å². The second-order valence-electron chi connectivity index (χ2n) is 4.41. The maximum atomic E-state index is 10.6. The lowest BCUT2D eigenvalue weighted by Crippen LogP contribution is -2.15. The SMILES string of the molecule is Cc1cccc(-c2ncc([C@H](N)CC(=O)O)cn2)c1. The van der Waals surface area contributed by atoms with Gasteiger partial charge in [-0.05, 0) is 13.0 Å². The van der Waals surface area contributed by atoms with Crippen molar-refractivity contribution in [2.24, 2.45) is 5.73 Å². The molecular formula is C14H15N3O2. The molecule has 0 saturated heterocycles. The molecule has 98 valence electrons. The number of carboxylic acid groups (broad SMARTS) is 1. The molecule has 1 heterocycles. The van der Waals surface area contributed by atoms with Crippen molar-refractivity contribution >= 4 is 5.97 Å². The fourth-order valence-corrected chi connectivity index (χ4v) is 1.77. The van der Waals surface area contributed by atoms with Gasteiger partial charge in [-0.2, -0.15) is 0 Å². The van der Waals surface area contributed by atoms with Crippen LogP contribution < -0.4 is 5.73 Å². The molecule has 0 aliphatic rings. The number of aromatic nitrogens is 2. The Morgan fingerprint density at radius 1 is 1.37 bits per heavy atom. The predicted octanol–water partition coefficient (Wildman–Crippen LogP) is 1.93. The Morgan fingerprint density at radius 3 is 2.63 bits per heavy atom. The molecule has 0 amide bonds. The number of aryl methyl sites for hydroxylation is 1. The lowest BCUT2D eigenvalue weighted by Gasteiger charge is -2.09. The molecule has 2 rings (SSSR count). The number of hydrogen-bond donors (Lipinski definition) is 2. The van der Waals surface area contributed by atoms with Crippen LogP contribution in [-0.4, -0.2) is 21.0 Å². The van der Waals surface area contributed by atoms with E-state index in [1.165, 1.54) is 0 Å². The van der Waals surface area contributed by atoms with E-state index in [9.17, 15) is 4.79 Å². The van der Waals surface area contributed by atoms with Crippen molar-refractivity contribution in [1.82, 2.24) is 9.97 Å². The van der Waals surface area contributed by atoms with Crippen LogP contribution >= 0.6 is 0 Å². The average Bonchev–Trinajstić information content (AvgIpc) is 2.38. The Labute approximate surface area is 111 Å². The van der Waals surface area contributed by atoms with E-state index in [1.807, 2.05) is 31.2 Å². The van der Waals surface area contributed by atoms with Crippen LogP contribution in [0.1, 0.15) is 23.6 Å². The van der Waals surface area contributed by atoms with Crippen LogP contribution in [0.25, 0.3) is 11.4 Å². The highest BCUT2D eigenvalue weighted by Crippen LogP contribution is 2.18. The lowest BCUT2D eigenvalue weighted by atomic mass is 10.1. The summed E-state index contributed by atoms with van der Waals surface area (Å²) in [6, 6.07) is 7.29. The molecule has 0 radical (unpaired) electrons. The van der Waals surface area contributed by atoms with Crippen molar-refractivity contribution in [3.8, 4) is 11.4 Å². The third-order valence-corrected chi connectivity index (χ3v) is 2.77. The molecule has 1 aromatic carbocycles. The molecule has 5 heteroatoms. The molecular weight excluding hydrogens is 242 g/mol. The summed E-state index contributed by atoms with van der Waals surface area (Å²) >= 11 is 0. The number of hydrogen-bond acceptors (Lipinski definition) is 4. The molecule has 2 aromatic rings. The first kappa shape index (κ1) is 13.2. The highest BCUT2D eigenvalue weighted by Gasteiger charge is 2.11. The molecule has 3 N–H and O–H groups in total. The molecule has 0 aliphatic carbocycles. The molecule has 0 saturated carbocycles. The predicted molar refractivity (Wildman–Crippen MR) is 71.4 cm³/mol. The minimum Gasteiger partial charge on any atom is -0.481 e. The zero-order valence-corrected chi connectivity index (χ0v) is 10.6. The van der Waals surface area contributed by atoms with Crippen LogP contribution in [0.2, 0.25) is 0 Å². The van der Waals surface area contributed by atoms with Crippen molar-refractivity contribution in [2.75, 3.05) is 0 Å². The van der Waals surface area contributed by atoms with Crippen LogP contribution in [0.5, 0.6) is 0 Å². The number of aliphatic carboxylic acids is 1. The van der Waals surface area contributed by atoms with Crippen LogP contribution in [0.15, 0.2) is 36.7 Å². The Hall–Kier alpha value is -2.27. The first-order chi connectivity index (χ1) is 9.06. The van der Waals surface area contributed by atoms with Gasteiger partial charge in [-0.25, -0.2) is 9.97 Å². The summed E-state index contributed by atoms with van der Waals surface area (Å²) in [4.78, 5) is 19.1. The highest BCUT2D eigenvalue weighted by atomic mass is 16.4. The third kappa shape index (κ3) is 3.35. The summed E-state index contributed by atoms with van der Waals surface area (Å²) in [6.45, 7) is 2.00. The smallest absolute Gasteiger partial charge is 0.305 e. The Morgan fingerprint density at radius 2 is 2.05 bits per heavy atom. The van der Waals surface area contributed by atoms with Gasteiger partial charge in [-0.3, -0.25) is 4.79 Å². The number of carbonyl (C=O) groups is 1. The topological polar surface area (TPSA) is 89.1 Å². The summed E-state index contributed by atoms with van der Waals surface area (Å²) in [6.07, 6.45) is 3.03. The van der Waals surface area contributed by atoms with E-state index in [4.69, 9.17) is 10.8 Å². The van der Waals surface area contributed by atoms with E-state index in [0.29, 0.717) is 11.4 Å². The van der Waals surface area contributed by atoms with E-state index >= 15 is 0 Å². The third-order valence-electron chi connectivity index (χ3n) is 2.77. The second kappa shape index (κ2) is 5.58. The molecule has 0 spiro atoms. The fraction of sp³-hybridized carbons (Fsp3) is 0.214. The van der Waals surface area contributed by atoms with Crippen LogP contribution in [0.4, 0.5) is 0 Å². The maximum Gasteiger partial charge on any atom is 0.305 e. The normalized spacial score (nSPS) is 12.1. The van der Waals surface area contributed by atoms with Gasteiger partial charge < -0.3 is 10.8 Å². The van der Waals surface area contributed by atoms with Crippen molar-refractivity contribution in [1.29, 1.82) is 0 Å². The maximum absolute atomic E-state index is 10.6. The van der Waals surface area contributed by atoms with Gasteiger partial charge in [0.1, 0.15) is 0 Å². The summed E-state index contributed by atoms with van der Waals surface area (Å²) in [5, 5.41) is 8.69. The minimum absolute atomic E-state index is 0.132. The first-order valence-electron chi connectivity index (χ1n) is 5.92. The summed E-state index contributed by atoms with van der Waals surface area (Å²) in [5.74, 6) is -0.328. The van der Waals surface area contributed by atoms with E-state index in [2.05, 4.69) is 9.97 Å². The minimum atomic E-state index is -0.935. The second-order valence-corrected chi connectivity index (χ2v) is 4.41. The quantitative estimate of drug-likeness (QED) is 0.873. The molecule has 5 nitrogen and oxygen atoms in total. The summed E-state index contributed by atoms with van der Waals surface area (Å²) < 4.78 is 0. The number of nitrogens with two attached hydrogens (primary N) is 1. The Kier molecular flexibility index (Phi) is 3.87. The molecule has 0 fully saturated rings. The summed E-state index contributed by atoms with van der Waals surface area (Å²) in [7, 11) is 0. The highest BCUT2D eigenvalue weighted by molar-refractivity contribution is 5.67. The van der Waals surface area contributed by atoms with E-state index < -0.39 is 12.0 Å². The number of rotatable bonds is 4. The largest absolute Gasteiger partial charge is 0.481 e. The zero-order valence-electron chi connectivity index (χ0n) is 10.6. The van der Waals surface area contributed by atoms with Gasteiger partial charge in [0.25, 0.3) is 0 Å². The molecule has 1 atom stereocenters. The van der Waals surface area contributed by atoms with E-state index in [0.717, 1.165) is 11.1 Å². The summed E-state index contributed by atoms with van der Waals surface area (Å²) in [5.41, 5.74) is 8.43. The van der Waals surface area contributed by atoms with Crippen LogP contribution in [0, 0.1) is 6.92 Å². The monoisotopic (exact) mass is 257 g/mol. The molecule has 0 aliphatic heterocycles. The fourth-order valence-electron chi connectivity index (χ4n) is 1.77. The zero-order chi connectivity index (χ0) is 13.8. The van der Waals surface area contributed by atoms with Gasteiger partial charge in [0.2, 0.25) is 0 Å². The average molecular weight is 257 g/mol. The van der Waals surface area contributed by atoms with Gasteiger partial charge in [0.15, 0.2) is 5.82 Å². The van der Waals surface area contributed by atoms with Gasteiger partial charge in [-0.15, -0.1) is 0 Å².